The van der Waals surface area contributed by atoms with Crippen LogP contribution in [0.5, 0.6) is 0 Å². The first-order valence-corrected chi connectivity index (χ1v) is 10.2. The zero-order valence-electron chi connectivity index (χ0n) is 17.8. The van der Waals surface area contributed by atoms with Crippen LogP contribution in [0.3, 0.4) is 0 Å². The van der Waals surface area contributed by atoms with Crippen LogP contribution in [0.25, 0.3) is 16.5 Å². The quantitative estimate of drug-likeness (QED) is 0.527. The summed E-state index contributed by atoms with van der Waals surface area (Å²) >= 11 is 0. The molecule has 0 bridgehead atoms. The lowest BCUT2D eigenvalue weighted by molar-refractivity contribution is -0.141. The van der Waals surface area contributed by atoms with Gasteiger partial charge in [0.15, 0.2) is 0 Å². The number of nitrogens with one attached hydrogen (secondary N) is 3. The number of amides is 1. The van der Waals surface area contributed by atoms with Crippen LogP contribution in [0.1, 0.15) is 49.2 Å². The van der Waals surface area contributed by atoms with Crippen LogP contribution in [0.4, 0.5) is 4.53 Å². The summed E-state index contributed by atoms with van der Waals surface area (Å²) in [5.41, 5.74) is 5.92. The number of allylic oxidation sites excluding steroid dienone is 3. The summed E-state index contributed by atoms with van der Waals surface area (Å²) in [5, 5.41) is 16.0. The second-order valence-corrected chi connectivity index (χ2v) is 8.64. The zero-order chi connectivity index (χ0) is 21.9. The Bertz CT molecular complexity index is 977. The molecule has 1 aromatic heterocycles. The third-order valence-electron chi connectivity index (χ3n) is 5.77. The molecule has 7 heteroatoms. The Kier molecular flexibility index (Phi) is 6.63. The van der Waals surface area contributed by atoms with Crippen molar-refractivity contribution >= 4 is 22.4 Å². The first kappa shape index (κ1) is 22.1. The van der Waals surface area contributed by atoms with Gasteiger partial charge in [-0.1, -0.05) is 20.4 Å². The van der Waals surface area contributed by atoms with Gasteiger partial charge in [0.05, 0.1) is 12.6 Å². The highest BCUT2D eigenvalue weighted by molar-refractivity contribution is 5.99. The van der Waals surface area contributed by atoms with E-state index >= 15 is 0 Å². The van der Waals surface area contributed by atoms with Crippen LogP contribution in [-0.2, 0) is 4.94 Å². The molecule has 1 unspecified atom stereocenters. The Hall–Kier alpha value is -2.64. The van der Waals surface area contributed by atoms with Gasteiger partial charge in [0, 0.05) is 34.9 Å². The molecule has 1 aliphatic rings. The van der Waals surface area contributed by atoms with Crippen molar-refractivity contribution in [2.24, 2.45) is 5.41 Å². The number of carbonyl (C=O) groups is 1. The highest BCUT2D eigenvalue weighted by atomic mass is 19.3. The van der Waals surface area contributed by atoms with Crippen molar-refractivity contribution in [3.8, 4) is 0 Å². The van der Waals surface area contributed by atoms with E-state index in [1.807, 2.05) is 19.2 Å². The number of rotatable bonds is 8. The van der Waals surface area contributed by atoms with Crippen molar-refractivity contribution in [1.29, 1.82) is 0 Å². The topological polar surface area (TPSA) is 86.4 Å². The lowest BCUT2D eigenvalue weighted by atomic mass is 9.75. The molecule has 0 spiro atoms. The summed E-state index contributed by atoms with van der Waals surface area (Å²) in [6.07, 6.45) is 3.05. The Balaban J connectivity index is 1.85. The van der Waals surface area contributed by atoms with Crippen LogP contribution < -0.4 is 10.6 Å². The molecule has 1 atom stereocenters. The molecule has 1 amide bonds. The summed E-state index contributed by atoms with van der Waals surface area (Å²) in [7, 11) is 1.95. The maximum atomic E-state index is 12.4. The minimum Gasteiger partial charge on any atom is -0.394 e. The predicted octanol–water partition coefficient (Wildman–Crippen LogP) is 3.86. The van der Waals surface area contributed by atoms with Gasteiger partial charge in [-0.15, -0.1) is 0 Å². The smallest absolute Gasteiger partial charge is 0.251 e. The number of benzene rings is 1. The van der Waals surface area contributed by atoms with Crippen LogP contribution in [0, 0.1) is 5.41 Å². The normalized spacial score (nSPS) is 17.1. The molecule has 0 saturated carbocycles. The van der Waals surface area contributed by atoms with Crippen LogP contribution >= 0.6 is 0 Å². The number of halogens is 1. The van der Waals surface area contributed by atoms with Crippen LogP contribution in [0.15, 0.2) is 42.1 Å². The number of H-pyrrole nitrogens is 1. The highest BCUT2D eigenvalue weighted by Gasteiger charge is 2.28. The van der Waals surface area contributed by atoms with E-state index in [4.69, 9.17) is 0 Å². The summed E-state index contributed by atoms with van der Waals surface area (Å²) in [4.78, 5) is 19.3. The SMILES string of the molecule is C=C(C1=C(NC)CC(C)(C)CC1)c1cc2cc(C(=O)NC(CO)COF)ccc2[nH]1. The number of carbonyl (C=O) groups excluding carboxylic acids is 1. The number of aliphatic hydroxyl groups excluding tert-OH is 1. The van der Waals surface area contributed by atoms with Gasteiger partial charge in [-0.25, -0.2) is 0 Å². The minimum atomic E-state index is -0.804. The van der Waals surface area contributed by atoms with Crippen molar-refractivity contribution in [1.82, 2.24) is 15.6 Å². The van der Waals surface area contributed by atoms with Crippen molar-refractivity contribution < 1.29 is 19.4 Å². The molecule has 2 aromatic rings. The molecule has 0 saturated heterocycles. The third kappa shape index (κ3) is 4.74. The summed E-state index contributed by atoms with van der Waals surface area (Å²) in [5.74, 6) is -0.399. The fraction of sp³-hybridized carbons (Fsp3) is 0.435. The lowest BCUT2D eigenvalue weighted by Crippen LogP contribution is -2.40. The zero-order valence-corrected chi connectivity index (χ0v) is 17.8. The summed E-state index contributed by atoms with van der Waals surface area (Å²) in [6.45, 7) is 8.07. The average Bonchev–Trinajstić information content (AvgIpc) is 3.15. The Morgan fingerprint density at radius 1 is 1.40 bits per heavy atom. The molecule has 0 fully saturated rings. The van der Waals surface area contributed by atoms with Crippen molar-refractivity contribution in [2.75, 3.05) is 20.3 Å². The van der Waals surface area contributed by atoms with Crippen LogP contribution in [0.2, 0.25) is 0 Å². The first-order valence-electron chi connectivity index (χ1n) is 10.2. The Morgan fingerprint density at radius 3 is 2.83 bits per heavy atom. The molecular weight excluding hydrogens is 385 g/mol. The number of hydrogen-bond acceptors (Lipinski definition) is 4. The van der Waals surface area contributed by atoms with Gasteiger partial charge in [-0.3, -0.25) is 4.79 Å². The lowest BCUT2D eigenvalue weighted by Gasteiger charge is -2.33. The predicted molar refractivity (Wildman–Crippen MR) is 116 cm³/mol. The molecule has 3 rings (SSSR count). The van der Waals surface area contributed by atoms with Crippen molar-refractivity contribution in [3.05, 3.63) is 53.4 Å². The highest BCUT2D eigenvalue weighted by Crippen LogP contribution is 2.41. The monoisotopic (exact) mass is 415 g/mol. The standard InChI is InChI=1S/C23H30FN3O3/c1-14(18-7-8-23(2,3)11-21(18)25-4)20-10-16-9-15(5-6-19(16)27-20)22(29)26-17(12-28)13-30-24/h5-6,9-10,17,25,27-28H,1,7-8,11-13H2,2-4H3,(H,26,29). The van der Waals surface area contributed by atoms with Gasteiger partial charge < -0.3 is 20.7 Å². The van der Waals surface area contributed by atoms with E-state index in [-0.39, 0.29) is 5.41 Å². The number of hydrogen-bond donors (Lipinski definition) is 4. The number of aliphatic hydroxyl groups is 1. The van der Waals surface area contributed by atoms with E-state index in [0.717, 1.165) is 41.4 Å². The maximum Gasteiger partial charge on any atom is 0.251 e. The average molecular weight is 416 g/mol. The third-order valence-corrected chi connectivity index (χ3v) is 5.77. The number of aromatic amines is 1. The maximum absolute atomic E-state index is 12.4. The van der Waals surface area contributed by atoms with Gasteiger partial charge in [-0.2, -0.15) is 4.94 Å². The van der Waals surface area contributed by atoms with Crippen LogP contribution in [-0.4, -0.2) is 42.3 Å². The Morgan fingerprint density at radius 2 is 2.17 bits per heavy atom. The minimum absolute atomic E-state index is 0.268. The van der Waals surface area contributed by atoms with E-state index in [9.17, 15) is 14.4 Å². The molecule has 30 heavy (non-hydrogen) atoms. The summed E-state index contributed by atoms with van der Waals surface area (Å²) < 4.78 is 12.0. The van der Waals surface area contributed by atoms with Gasteiger partial charge in [0.25, 0.3) is 5.91 Å². The molecule has 0 radical (unpaired) electrons. The fourth-order valence-corrected chi connectivity index (χ4v) is 3.94. The first-order chi connectivity index (χ1) is 14.3. The fourth-order valence-electron chi connectivity index (χ4n) is 3.94. The van der Waals surface area contributed by atoms with Gasteiger partial charge >= 0.3 is 0 Å². The van der Waals surface area contributed by atoms with E-state index in [1.165, 1.54) is 11.3 Å². The Labute approximate surface area is 176 Å². The molecule has 4 N–H and O–H groups in total. The molecule has 1 aliphatic carbocycles. The van der Waals surface area contributed by atoms with Gasteiger partial charge in [0.1, 0.15) is 6.61 Å². The molecule has 1 heterocycles. The van der Waals surface area contributed by atoms with E-state index in [1.54, 1.807) is 12.1 Å². The van der Waals surface area contributed by atoms with E-state index in [2.05, 4.69) is 41.0 Å². The van der Waals surface area contributed by atoms with Gasteiger partial charge in [0.2, 0.25) is 0 Å². The molecule has 0 aliphatic heterocycles. The van der Waals surface area contributed by atoms with E-state index in [0.29, 0.717) is 5.56 Å². The molecular formula is C23H30FN3O3. The van der Waals surface area contributed by atoms with E-state index < -0.39 is 25.2 Å². The molecule has 6 nitrogen and oxygen atoms in total. The molecule has 1 aromatic carbocycles. The molecule has 162 valence electrons. The second kappa shape index (κ2) is 9.02. The largest absolute Gasteiger partial charge is 0.394 e. The number of fused-ring (bicyclic) bond motifs is 1. The summed E-state index contributed by atoms with van der Waals surface area (Å²) in [6, 6.07) is 6.47. The van der Waals surface area contributed by atoms with Crippen molar-refractivity contribution in [3.63, 3.8) is 0 Å². The van der Waals surface area contributed by atoms with Gasteiger partial charge in [-0.05, 0) is 64.6 Å². The number of aromatic nitrogens is 1. The van der Waals surface area contributed by atoms with Crippen molar-refractivity contribution in [2.45, 2.75) is 39.2 Å². The second-order valence-electron chi connectivity index (χ2n) is 8.64.